The summed E-state index contributed by atoms with van der Waals surface area (Å²) in [6.45, 7) is 1.59. The monoisotopic (exact) mass is 303 g/mol. The zero-order valence-electron chi connectivity index (χ0n) is 10.1. The molecule has 2 rings (SSSR count). The summed E-state index contributed by atoms with van der Waals surface area (Å²) in [6, 6.07) is 3.12. The highest BCUT2D eigenvalue weighted by molar-refractivity contribution is 6.42. The summed E-state index contributed by atoms with van der Waals surface area (Å²) in [7, 11) is 0. The molecule has 1 amide bonds. The predicted molar refractivity (Wildman–Crippen MR) is 70.9 cm³/mol. The zero-order chi connectivity index (χ0) is 14.0. The van der Waals surface area contributed by atoms with E-state index in [0.29, 0.717) is 21.5 Å². The lowest BCUT2D eigenvalue weighted by atomic mass is 10.2. The van der Waals surface area contributed by atoms with Gasteiger partial charge in [0.05, 0.1) is 22.3 Å². The highest BCUT2D eigenvalue weighted by atomic mass is 35.5. The topological polar surface area (TPSA) is 55.8 Å². The molecule has 0 aliphatic carbocycles. The van der Waals surface area contributed by atoms with Crippen LogP contribution in [0.3, 0.4) is 0 Å². The minimum atomic E-state index is -0.393. The third kappa shape index (κ3) is 3.11. The van der Waals surface area contributed by atoms with Crippen LogP contribution in [-0.4, -0.2) is 31.6 Å². The number of halogens is 2. The maximum atomic E-state index is 11.8. The molecule has 5 nitrogen and oxygen atoms in total. The Morgan fingerprint density at radius 2 is 2.11 bits per heavy atom. The van der Waals surface area contributed by atoms with Gasteiger partial charge in [0.25, 0.3) is 5.91 Å². The smallest absolute Gasteiger partial charge is 0.302 e. The van der Waals surface area contributed by atoms with Crippen molar-refractivity contribution in [3.63, 3.8) is 0 Å². The second-order valence-electron chi connectivity index (χ2n) is 3.91. The van der Waals surface area contributed by atoms with Crippen molar-refractivity contribution < 1.29 is 19.1 Å². The van der Waals surface area contributed by atoms with Crippen LogP contribution in [-0.2, 0) is 14.3 Å². The molecule has 1 aromatic rings. The van der Waals surface area contributed by atoms with Crippen LogP contribution in [0.5, 0.6) is 5.75 Å². The maximum Gasteiger partial charge on any atom is 0.302 e. The Morgan fingerprint density at radius 3 is 2.79 bits per heavy atom. The predicted octanol–water partition coefficient (Wildman–Crippen LogP) is 2.28. The molecule has 0 unspecified atom stereocenters. The number of hydrogen-bond donors (Lipinski definition) is 0. The molecular weight excluding hydrogens is 293 g/mol. The van der Waals surface area contributed by atoms with Crippen LogP contribution in [0.4, 0.5) is 5.69 Å². The van der Waals surface area contributed by atoms with Crippen LogP contribution in [0.15, 0.2) is 12.1 Å². The number of rotatable bonds is 3. The molecule has 7 heteroatoms. The van der Waals surface area contributed by atoms with Gasteiger partial charge in [0.15, 0.2) is 6.61 Å². The van der Waals surface area contributed by atoms with Crippen molar-refractivity contribution in [2.24, 2.45) is 0 Å². The molecular formula is C12H11Cl2NO4. The lowest BCUT2D eigenvalue weighted by Crippen LogP contribution is -2.41. The highest BCUT2D eigenvalue weighted by Crippen LogP contribution is 2.38. The number of esters is 1. The van der Waals surface area contributed by atoms with E-state index in [1.165, 1.54) is 11.8 Å². The maximum absolute atomic E-state index is 11.8. The Kier molecular flexibility index (Phi) is 4.17. The number of nitrogens with zero attached hydrogens (tertiary/aromatic N) is 1. The molecule has 1 heterocycles. The van der Waals surface area contributed by atoms with E-state index in [4.69, 9.17) is 32.7 Å². The molecule has 1 aromatic carbocycles. The number of benzene rings is 1. The van der Waals surface area contributed by atoms with Crippen LogP contribution < -0.4 is 9.64 Å². The van der Waals surface area contributed by atoms with Crippen LogP contribution in [0.1, 0.15) is 6.92 Å². The van der Waals surface area contributed by atoms with E-state index >= 15 is 0 Å². The van der Waals surface area contributed by atoms with Crippen molar-refractivity contribution in [3.8, 4) is 5.75 Å². The van der Waals surface area contributed by atoms with Gasteiger partial charge in [0, 0.05) is 13.0 Å². The van der Waals surface area contributed by atoms with Gasteiger partial charge in [-0.2, -0.15) is 0 Å². The van der Waals surface area contributed by atoms with Crippen molar-refractivity contribution >= 4 is 40.8 Å². The van der Waals surface area contributed by atoms with Gasteiger partial charge in [-0.3, -0.25) is 9.59 Å². The van der Waals surface area contributed by atoms with E-state index < -0.39 is 5.97 Å². The number of ether oxygens (including phenoxy) is 2. The fourth-order valence-electron chi connectivity index (χ4n) is 1.72. The first-order valence-electron chi connectivity index (χ1n) is 5.54. The Balaban J connectivity index is 2.22. The molecule has 0 fully saturated rings. The van der Waals surface area contributed by atoms with E-state index in [1.807, 2.05) is 0 Å². The molecule has 0 bridgehead atoms. The molecule has 19 heavy (non-hydrogen) atoms. The number of hydrogen-bond acceptors (Lipinski definition) is 4. The van der Waals surface area contributed by atoms with Gasteiger partial charge in [-0.25, -0.2) is 0 Å². The van der Waals surface area contributed by atoms with Crippen molar-refractivity contribution in [1.82, 2.24) is 0 Å². The second-order valence-corrected chi connectivity index (χ2v) is 4.72. The molecule has 0 N–H and O–H groups in total. The lowest BCUT2D eigenvalue weighted by Gasteiger charge is -2.29. The second kappa shape index (κ2) is 5.67. The van der Waals surface area contributed by atoms with E-state index in [2.05, 4.69) is 0 Å². The third-order valence-electron chi connectivity index (χ3n) is 2.57. The molecule has 1 aliphatic heterocycles. The van der Waals surface area contributed by atoms with Gasteiger partial charge in [-0.05, 0) is 6.07 Å². The van der Waals surface area contributed by atoms with E-state index in [0.717, 1.165) is 0 Å². The standard InChI is InChI=1S/C12H11Cl2NO4/c1-7(16)18-3-2-15-10-4-8(13)9(14)5-11(10)19-6-12(15)17/h4-5H,2-3,6H2,1H3. The van der Waals surface area contributed by atoms with Gasteiger partial charge < -0.3 is 14.4 Å². The number of fused-ring (bicyclic) bond motifs is 1. The van der Waals surface area contributed by atoms with Crippen molar-refractivity contribution in [3.05, 3.63) is 22.2 Å². The summed E-state index contributed by atoms with van der Waals surface area (Å²) in [5.74, 6) is -0.134. The van der Waals surface area contributed by atoms with Crippen LogP contribution in [0.25, 0.3) is 0 Å². The van der Waals surface area contributed by atoms with E-state index in [9.17, 15) is 9.59 Å². The molecule has 0 radical (unpaired) electrons. The molecule has 1 aliphatic rings. The van der Waals surface area contributed by atoms with Crippen molar-refractivity contribution in [2.75, 3.05) is 24.7 Å². The van der Waals surface area contributed by atoms with Gasteiger partial charge in [0.2, 0.25) is 0 Å². The molecule has 0 atom stereocenters. The largest absolute Gasteiger partial charge is 0.482 e. The zero-order valence-corrected chi connectivity index (χ0v) is 11.6. The number of amides is 1. The number of carbonyl (C=O) groups is 2. The first-order chi connectivity index (χ1) is 8.99. The minimum Gasteiger partial charge on any atom is -0.482 e. The molecule has 102 valence electrons. The summed E-state index contributed by atoms with van der Waals surface area (Å²) < 4.78 is 10.1. The Labute approximate surface area is 120 Å². The average Bonchev–Trinajstić information content (AvgIpc) is 2.34. The molecule has 0 aromatic heterocycles. The first-order valence-corrected chi connectivity index (χ1v) is 6.30. The Bertz CT molecular complexity index is 533. The van der Waals surface area contributed by atoms with E-state index in [1.54, 1.807) is 12.1 Å². The number of anilines is 1. The first kappa shape index (κ1) is 14.0. The van der Waals surface area contributed by atoms with Gasteiger partial charge in [-0.15, -0.1) is 0 Å². The molecule has 0 spiro atoms. The minimum absolute atomic E-state index is 0.0783. The summed E-state index contributed by atoms with van der Waals surface area (Å²) >= 11 is 11.8. The van der Waals surface area contributed by atoms with Gasteiger partial charge >= 0.3 is 5.97 Å². The summed E-state index contributed by atoms with van der Waals surface area (Å²) in [6.07, 6.45) is 0. The van der Waals surface area contributed by atoms with Gasteiger partial charge in [0.1, 0.15) is 12.4 Å². The van der Waals surface area contributed by atoms with Crippen molar-refractivity contribution in [1.29, 1.82) is 0 Å². The lowest BCUT2D eigenvalue weighted by molar-refractivity contribution is -0.141. The quantitative estimate of drug-likeness (QED) is 0.804. The van der Waals surface area contributed by atoms with Crippen LogP contribution in [0, 0.1) is 0 Å². The summed E-state index contributed by atoms with van der Waals surface area (Å²) in [4.78, 5) is 24.0. The fourth-order valence-corrected chi connectivity index (χ4v) is 2.03. The van der Waals surface area contributed by atoms with Crippen molar-refractivity contribution in [2.45, 2.75) is 6.92 Å². The molecule has 0 saturated carbocycles. The van der Waals surface area contributed by atoms with E-state index in [-0.39, 0.29) is 25.7 Å². The highest BCUT2D eigenvalue weighted by Gasteiger charge is 2.26. The van der Waals surface area contributed by atoms with Gasteiger partial charge in [-0.1, -0.05) is 23.2 Å². The fraction of sp³-hybridized carbons (Fsp3) is 0.333. The third-order valence-corrected chi connectivity index (χ3v) is 3.29. The Hall–Kier alpha value is -1.46. The summed E-state index contributed by atoms with van der Waals surface area (Å²) in [5, 5.41) is 0.686. The molecule has 0 saturated heterocycles. The SMILES string of the molecule is CC(=O)OCCN1C(=O)COc2cc(Cl)c(Cl)cc21. The normalized spacial score (nSPS) is 13.8. The van der Waals surface area contributed by atoms with Crippen LogP contribution in [0.2, 0.25) is 10.0 Å². The average molecular weight is 304 g/mol. The Morgan fingerprint density at radius 1 is 1.42 bits per heavy atom. The van der Waals surface area contributed by atoms with Crippen LogP contribution >= 0.6 is 23.2 Å². The summed E-state index contributed by atoms with van der Waals surface area (Å²) in [5.41, 5.74) is 0.526. The number of carbonyl (C=O) groups excluding carboxylic acids is 2.